The van der Waals surface area contributed by atoms with Crippen LogP contribution in [0.25, 0.3) is 22.0 Å². The Balaban J connectivity index is 0.00000320. The van der Waals surface area contributed by atoms with E-state index >= 15 is 0 Å². The summed E-state index contributed by atoms with van der Waals surface area (Å²) in [5.41, 5.74) is 2.51. The van der Waals surface area contributed by atoms with Crippen LogP contribution >= 0.6 is 12.4 Å². The standard InChI is InChI=1S/C27H23FN6O2.ClH/c28-20-9-7-19(8-10-20)25-23-3-1-2-4-24(23)26(32-31-25)33-13-14-34(22(16-33)17-35)27(36)30-21-11-5-18(15-29)6-12-21;/h1-12,22,35H,13-14,16-17H2,(H,30,36);1H/t22-;/m1./s1. The maximum atomic E-state index is 13.4. The van der Waals surface area contributed by atoms with Gasteiger partial charge in [-0.3, -0.25) is 0 Å². The third kappa shape index (κ3) is 5.31. The molecule has 8 nitrogen and oxygen atoms in total. The van der Waals surface area contributed by atoms with Crippen LogP contribution < -0.4 is 10.2 Å². The number of halogens is 2. The zero-order valence-corrected chi connectivity index (χ0v) is 20.5. The molecule has 0 spiro atoms. The van der Waals surface area contributed by atoms with Crippen LogP contribution in [0.2, 0.25) is 0 Å². The van der Waals surface area contributed by atoms with Crippen LogP contribution in [0.15, 0.2) is 72.8 Å². The number of aliphatic hydroxyl groups is 1. The van der Waals surface area contributed by atoms with E-state index in [9.17, 15) is 14.3 Å². The first kappa shape index (κ1) is 25.8. The number of benzene rings is 3. The van der Waals surface area contributed by atoms with E-state index in [4.69, 9.17) is 5.26 Å². The largest absolute Gasteiger partial charge is 0.394 e. The zero-order chi connectivity index (χ0) is 25.1. The van der Waals surface area contributed by atoms with E-state index in [1.165, 1.54) is 12.1 Å². The van der Waals surface area contributed by atoms with Crippen LogP contribution in [-0.4, -0.2) is 58.5 Å². The minimum absolute atomic E-state index is 0. The molecular formula is C27H24ClFN6O2. The van der Waals surface area contributed by atoms with E-state index in [0.717, 1.165) is 16.3 Å². The summed E-state index contributed by atoms with van der Waals surface area (Å²) < 4.78 is 13.4. The third-order valence-electron chi connectivity index (χ3n) is 6.30. The number of fused-ring (bicyclic) bond motifs is 1. The quantitative estimate of drug-likeness (QED) is 0.413. The van der Waals surface area contributed by atoms with Crippen molar-refractivity contribution in [2.24, 2.45) is 0 Å². The highest BCUT2D eigenvalue weighted by Crippen LogP contribution is 2.32. The van der Waals surface area contributed by atoms with Gasteiger partial charge in [0.2, 0.25) is 0 Å². The van der Waals surface area contributed by atoms with Gasteiger partial charge in [0.05, 0.1) is 24.3 Å². The van der Waals surface area contributed by atoms with Gasteiger partial charge in [-0.1, -0.05) is 24.3 Å². The van der Waals surface area contributed by atoms with Crippen LogP contribution in [-0.2, 0) is 0 Å². The van der Waals surface area contributed by atoms with E-state index in [1.807, 2.05) is 35.2 Å². The lowest BCUT2D eigenvalue weighted by atomic mass is 10.0. The summed E-state index contributed by atoms with van der Waals surface area (Å²) in [6, 6.07) is 21.8. The molecule has 3 aromatic carbocycles. The third-order valence-corrected chi connectivity index (χ3v) is 6.30. The number of hydrogen-bond donors (Lipinski definition) is 2. The van der Waals surface area contributed by atoms with Crippen LogP contribution in [0.3, 0.4) is 0 Å². The number of carbonyl (C=O) groups excluding carboxylic acids is 1. The Labute approximate surface area is 219 Å². The Bertz CT molecular complexity index is 1440. The Morgan fingerprint density at radius 3 is 2.41 bits per heavy atom. The number of hydrogen-bond acceptors (Lipinski definition) is 6. The molecule has 5 rings (SSSR count). The fourth-order valence-electron chi connectivity index (χ4n) is 4.44. The second kappa shape index (κ2) is 11.2. The predicted octanol–water partition coefficient (Wildman–Crippen LogP) is 4.44. The van der Waals surface area contributed by atoms with E-state index in [2.05, 4.69) is 15.5 Å². The molecule has 2 amide bonds. The Hall–Kier alpha value is -4.26. The second-order valence-corrected chi connectivity index (χ2v) is 8.52. The number of carbonyl (C=O) groups is 1. The lowest BCUT2D eigenvalue weighted by Crippen LogP contribution is -2.58. The van der Waals surface area contributed by atoms with Gasteiger partial charge in [-0.15, -0.1) is 22.6 Å². The molecule has 10 heteroatoms. The number of aliphatic hydroxyl groups excluding tert-OH is 1. The summed E-state index contributed by atoms with van der Waals surface area (Å²) in [7, 11) is 0. The van der Waals surface area contributed by atoms with Gasteiger partial charge in [-0.2, -0.15) is 5.26 Å². The number of anilines is 2. The summed E-state index contributed by atoms with van der Waals surface area (Å²) >= 11 is 0. The summed E-state index contributed by atoms with van der Waals surface area (Å²) in [4.78, 5) is 16.6. The molecule has 0 unspecified atom stereocenters. The smallest absolute Gasteiger partial charge is 0.322 e. The molecule has 2 heterocycles. The Morgan fingerprint density at radius 2 is 1.73 bits per heavy atom. The van der Waals surface area contributed by atoms with Gasteiger partial charge in [0.1, 0.15) is 11.5 Å². The topological polar surface area (TPSA) is 105 Å². The van der Waals surface area contributed by atoms with Crippen molar-refractivity contribution >= 4 is 40.7 Å². The van der Waals surface area contributed by atoms with Crippen molar-refractivity contribution in [1.29, 1.82) is 5.26 Å². The van der Waals surface area contributed by atoms with Crippen molar-refractivity contribution in [1.82, 2.24) is 15.1 Å². The molecule has 0 bridgehead atoms. The van der Waals surface area contributed by atoms with E-state index < -0.39 is 6.04 Å². The summed E-state index contributed by atoms with van der Waals surface area (Å²) in [5, 5.41) is 32.6. The SMILES string of the molecule is Cl.N#Cc1ccc(NC(=O)N2CCN(c3nnc(-c4ccc(F)cc4)c4ccccc34)C[C@@H]2CO)cc1. The van der Waals surface area contributed by atoms with Gasteiger partial charge in [0, 0.05) is 41.7 Å². The Morgan fingerprint density at radius 1 is 1.03 bits per heavy atom. The van der Waals surface area contributed by atoms with Gasteiger partial charge in [-0.05, 0) is 48.5 Å². The van der Waals surface area contributed by atoms with E-state index in [-0.39, 0.29) is 30.9 Å². The first-order valence-electron chi connectivity index (χ1n) is 11.5. The molecule has 188 valence electrons. The average Bonchev–Trinajstić information content (AvgIpc) is 2.93. The molecule has 37 heavy (non-hydrogen) atoms. The number of nitrogens with one attached hydrogen (secondary N) is 1. The van der Waals surface area contributed by atoms with Crippen LogP contribution in [0.4, 0.5) is 20.7 Å². The predicted molar refractivity (Wildman–Crippen MR) is 142 cm³/mol. The van der Waals surface area contributed by atoms with Crippen LogP contribution in [0.1, 0.15) is 5.56 Å². The van der Waals surface area contributed by atoms with Crippen molar-refractivity contribution in [2.75, 3.05) is 36.5 Å². The van der Waals surface area contributed by atoms with Gasteiger partial charge in [-0.25, -0.2) is 9.18 Å². The minimum Gasteiger partial charge on any atom is -0.394 e. The van der Waals surface area contributed by atoms with Crippen LogP contribution in [0, 0.1) is 17.1 Å². The molecule has 1 fully saturated rings. The van der Waals surface area contributed by atoms with Gasteiger partial charge >= 0.3 is 6.03 Å². The number of piperazine rings is 1. The number of nitriles is 1. The molecule has 2 N–H and O–H groups in total. The first-order chi connectivity index (χ1) is 17.6. The van der Waals surface area contributed by atoms with Crippen LogP contribution in [0.5, 0.6) is 0 Å². The Kier molecular flexibility index (Phi) is 7.82. The maximum absolute atomic E-state index is 13.4. The van der Waals surface area contributed by atoms with Crippen molar-refractivity contribution in [2.45, 2.75) is 6.04 Å². The number of amides is 2. The summed E-state index contributed by atoms with van der Waals surface area (Å²) in [6.07, 6.45) is 0. The van der Waals surface area contributed by atoms with Gasteiger partial charge in [0.25, 0.3) is 0 Å². The minimum atomic E-state index is -0.450. The van der Waals surface area contributed by atoms with Crippen molar-refractivity contribution in [3.8, 4) is 17.3 Å². The highest BCUT2D eigenvalue weighted by Gasteiger charge is 2.31. The lowest BCUT2D eigenvalue weighted by Gasteiger charge is -2.41. The molecule has 1 saturated heterocycles. The van der Waals surface area contributed by atoms with Crippen molar-refractivity contribution in [3.63, 3.8) is 0 Å². The molecule has 1 aliphatic rings. The second-order valence-electron chi connectivity index (χ2n) is 8.52. The number of nitrogens with zero attached hydrogens (tertiary/aromatic N) is 5. The molecule has 1 aliphatic heterocycles. The molecule has 1 atom stereocenters. The summed E-state index contributed by atoms with van der Waals surface area (Å²) in [6.45, 7) is 1.05. The number of urea groups is 1. The van der Waals surface area contributed by atoms with Gasteiger partial charge < -0.3 is 20.2 Å². The summed E-state index contributed by atoms with van der Waals surface area (Å²) in [5.74, 6) is 0.353. The number of rotatable bonds is 4. The molecule has 4 aromatic rings. The molecular weight excluding hydrogens is 495 g/mol. The molecule has 1 aromatic heterocycles. The fourth-order valence-corrected chi connectivity index (χ4v) is 4.44. The molecule has 0 saturated carbocycles. The normalized spacial score (nSPS) is 15.1. The number of aromatic nitrogens is 2. The first-order valence-corrected chi connectivity index (χ1v) is 11.5. The monoisotopic (exact) mass is 518 g/mol. The van der Waals surface area contributed by atoms with E-state index in [0.29, 0.717) is 42.4 Å². The maximum Gasteiger partial charge on any atom is 0.322 e. The molecule has 0 aliphatic carbocycles. The van der Waals surface area contributed by atoms with Crippen molar-refractivity contribution in [3.05, 3.63) is 84.2 Å². The van der Waals surface area contributed by atoms with E-state index in [1.54, 1.807) is 41.3 Å². The van der Waals surface area contributed by atoms with Gasteiger partial charge in [0.15, 0.2) is 5.82 Å². The fraction of sp³-hybridized carbons (Fsp3) is 0.185. The van der Waals surface area contributed by atoms with Crippen molar-refractivity contribution < 1.29 is 14.3 Å². The lowest BCUT2D eigenvalue weighted by molar-refractivity contribution is 0.132. The molecule has 0 radical (unpaired) electrons. The average molecular weight is 519 g/mol. The zero-order valence-electron chi connectivity index (χ0n) is 19.7. The highest BCUT2D eigenvalue weighted by molar-refractivity contribution is 6.00. The highest BCUT2D eigenvalue weighted by atomic mass is 35.5.